The number of carbonyl (C=O) groups excluding carboxylic acids is 1. The summed E-state index contributed by atoms with van der Waals surface area (Å²) < 4.78 is 0. The van der Waals surface area contributed by atoms with Gasteiger partial charge in [0.25, 0.3) is 11.6 Å². The summed E-state index contributed by atoms with van der Waals surface area (Å²) in [5.74, 6) is -0.182. The highest BCUT2D eigenvalue weighted by atomic mass is 32.2. The number of nitro benzene ring substituents is 1. The highest BCUT2D eigenvalue weighted by molar-refractivity contribution is 8.00. The molecule has 0 bridgehead atoms. The molecule has 0 aliphatic carbocycles. The molecular formula is C18H18N2O3S. The normalized spacial score (nSPS) is 17.1. The Bertz CT molecular complexity index is 807. The van der Waals surface area contributed by atoms with Gasteiger partial charge in [-0.15, -0.1) is 11.8 Å². The van der Waals surface area contributed by atoms with Crippen LogP contribution in [0.25, 0.3) is 0 Å². The number of nitro groups is 1. The molecule has 5 nitrogen and oxygen atoms in total. The summed E-state index contributed by atoms with van der Waals surface area (Å²) >= 11 is 1.76. The molecule has 3 rings (SSSR count). The van der Waals surface area contributed by atoms with E-state index in [1.165, 1.54) is 6.07 Å². The van der Waals surface area contributed by atoms with Gasteiger partial charge in [-0.25, -0.2) is 0 Å². The number of nitrogens with zero attached hydrogens (tertiary/aromatic N) is 2. The summed E-state index contributed by atoms with van der Waals surface area (Å²) in [5.41, 5.74) is 1.66. The zero-order valence-corrected chi connectivity index (χ0v) is 14.4. The zero-order valence-electron chi connectivity index (χ0n) is 13.6. The topological polar surface area (TPSA) is 63.5 Å². The van der Waals surface area contributed by atoms with Crippen LogP contribution in [0.5, 0.6) is 0 Å². The number of para-hydroxylation sites is 1. The Hall–Kier alpha value is -2.34. The van der Waals surface area contributed by atoms with Crippen LogP contribution in [0.15, 0.2) is 47.4 Å². The van der Waals surface area contributed by atoms with Crippen molar-refractivity contribution in [2.75, 3.05) is 11.4 Å². The number of anilines is 1. The second-order valence-electron chi connectivity index (χ2n) is 5.85. The van der Waals surface area contributed by atoms with Gasteiger partial charge in [-0.3, -0.25) is 14.9 Å². The largest absolute Gasteiger partial charge is 0.307 e. The smallest absolute Gasteiger partial charge is 0.273 e. The van der Waals surface area contributed by atoms with Crippen molar-refractivity contribution in [2.24, 2.45) is 0 Å². The van der Waals surface area contributed by atoms with E-state index in [4.69, 9.17) is 0 Å². The monoisotopic (exact) mass is 342 g/mol. The molecule has 2 aromatic carbocycles. The highest BCUT2D eigenvalue weighted by Gasteiger charge is 2.27. The van der Waals surface area contributed by atoms with E-state index in [1.54, 1.807) is 35.7 Å². The van der Waals surface area contributed by atoms with Crippen LogP contribution < -0.4 is 4.90 Å². The first kappa shape index (κ1) is 16.5. The molecule has 0 saturated carbocycles. The van der Waals surface area contributed by atoms with E-state index in [2.05, 4.69) is 6.92 Å². The Kier molecular flexibility index (Phi) is 4.57. The molecule has 0 radical (unpaired) electrons. The van der Waals surface area contributed by atoms with Gasteiger partial charge in [0.1, 0.15) is 0 Å². The lowest BCUT2D eigenvalue weighted by atomic mass is 10.0. The first-order valence-corrected chi connectivity index (χ1v) is 8.68. The standard InChI is InChI=1S/C18H18N2O3S/c1-12-10-11-19(16-7-3-4-9-17(16)24-12)18(21)14-6-5-8-15(13(14)2)20(22)23/h3-9,12H,10-11H2,1-2H3/t12-/m1/s1. The summed E-state index contributed by atoms with van der Waals surface area (Å²) in [6.07, 6.45) is 0.874. The summed E-state index contributed by atoms with van der Waals surface area (Å²) in [7, 11) is 0. The van der Waals surface area contributed by atoms with E-state index in [0.717, 1.165) is 17.0 Å². The third-order valence-electron chi connectivity index (χ3n) is 4.22. The van der Waals surface area contributed by atoms with Crippen molar-refractivity contribution >= 4 is 29.0 Å². The van der Waals surface area contributed by atoms with Crippen LogP contribution in [0.1, 0.15) is 29.3 Å². The first-order chi connectivity index (χ1) is 11.5. The van der Waals surface area contributed by atoms with Gasteiger partial charge in [0.15, 0.2) is 0 Å². The minimum atomic E-state index is -0.444. The van der Waals surface area contributed by atoms with Crippen molar-refractivity contribution in [1.29, 1.82) is 0 Å². The van der Waals surface area contributed by atoms with Gasteiger partial charge < -0.3 is 4.90 Å². The number of hydrogen-bond acceptors (Lipinski definition) is 4. The number of hydrogen-bond donors (Lipinski definition) is 0. The number of fused-ring (bicyclic) bond motifs is 1. The summed E-state index contributed by atoms with van der Waals surface area (Å²) in [6.45, 7) is 4.38. The molecule has 0 saturated heterocycles. The van der Waals surface area contributed by atoms with Crippen molar-refractivity contribution in [1.82, 2.24) is 0 Å². The molecule has 2 aromatic rings. The Balaban J connectivity index is 2.05. The van der Waals surface area contributed by atoms with E-state index in [1.807, 2.05) is 24.3 Å². The Morgan fingerprint density at radius 2 is 2.00 bits per heavy atom. The van der Waals surface area contributed by atoms with E-state index in [9.17, 15) is 14.9 Å². The van der Waals surface area contributed by atoms with E-state index in [-0.39, 0.29) is 11.6 Å². The number of carbonyl (C=O) groups is 1. The first-order valence-electron chi connectivity index (χ1n) is 7.80. The van der Waals surface area contributed by atoms with Gasteiger partial charge in [-0.05, 0) is 31.5 Å². The van der Waals surface area contributed by atoms with Crippen molar-refractivity contribution in [3.8, 4) is 0 Å². The van der Waals surface area contributed by atoms with Crippen LogP contribution in [0, 0.1) is 17.0 Å². The lowest BCUT2D eigenvalue weighted by Crippen LogP contribution is -2.32. The second-order valence-corrected chi connectivity index (χ2v) is 7.33. The number of rotatable bonds is 2. The van der Waals surface area contributed by atoms with Crippen molar-refractivity contribution in [3.05, 3.63) is 63.7 Å². The van der Waals surface area contributed by atoms with Gasteiger partial charge in [0.2, 0.25) is 0 Å². The van der Waals surface area contributed by atoms with Crippen LogP contribution in [0.2, 0.25) is 0 Å². The second kappa shape index (κ2) is 6.65. The average Bonchev–Trinajstić information content (AvgIpc) is 2.72. The maximum atomic E-state index is 13.1. The highest BCUT2D eigenvalue weighted by Crippen LogP contribution is 2.38. The van der Waals surface area contributed by atoms with E-state index >= 15 is 0 Å². The van der Waals surface area contributed by atoms with E-state index in [0.29, 0.717) is 22.9 Å². The molecule has 1 aliphatic heterocycles. The summed E-state index contributed by atoms with van der Waals surface area (Å²) in [4.78, 5) is 26.6. The van der Waals surface area contributed by atoms with Crippen LogP contribution in [-0.2, 0) is 0 Å². The predicted octanol–water partition coefficient (Wildman–Crippen LogP) is 4.43. The third-order valence-corrected chi connectivity index (χ3v) is 5.46. The Morgan fingerprint density at radius 1 is 1.25 bits per heavy atom. The summed E-state index contributed by atoms with van der Waals surface area (Å²) in [6, 6.07) is 12.5. The molecule has 124 valence electrons. The fourth-order valence-electron chi connectivity index (χ4n) is 2.90. The molecule has 1 aliphatic rings. The summed E-state index contributed by atoms with van der Waals surface area (Å²) in [5, 5.41) is 11.6. The van der Waals surface area contributed by atoms with Crippen molar-refractivity contribution < 1.29 is 9.72 Å². The molecule has 0 fully saturated rings. The molecule has 0 aromatic heterocycles. The van der Waals surface area contributed by atoms with Crippen molar-refractivity contribution in [3.63, 3.8) is 0 Å². The van der Waals surface area contributed by atoms with Gasteiger partial charge >= 0.3 is 0 Å². The maximum Gasteiger partial charge on any atom is 0.273 e. The van der Waals surface area contributed by atoms with Gasteiger partial charge in [-0.2, -0.15) is 0 Å². The van der Waals surface area contributed by atoms with Crippen molar-refractivity contribution in [2.45, 2.75) is 30.4 Å². The number of amides is 1. The SMILES string of the molecule is Cc1c(C(=O)N2CC[C@@H](C)Sc3ccccc32)cccc1[N+](=O)[O-]. The molecule has 1 amide bonds. The molecule has 1 atom stereocenters. The predicted molar refractivity (Wildman–Crippen MR) is 95.9 cm³/mol. The van der Waals surface area contributed by atoms with Crippen LogP contribution >= 0.6 is 11.8 Å². The number of thioether (sulfide) groups is 1. The Morgan fingerprint density at radius 3 is 2.75 bits per heavy atom. The van der Waals surface area contributed by atoms with Crippen LogP contribution in [0.3, 0.4) is 0 Å². The number of benzene rings is 2. The molecule has 1 heterocycles. The molecule has 24 heavy (non-hydrogen) atoms. The zero-order chi connectivity index (χ0) is 17.3. The molecule has 0 N–H and O–H groups in total. The quantitative estimate of drug-likeness (QED) is 0.598. The Labute approximate surface area is 144 Å². The lowest BCUT2D eigenvalue weighted by Gasteiger charge is -2.23. The maximum absolute atomic E-state index is 13.1. The molecular weight excluding hydrogens is 324 g/mol. The molecule has 0 unspecified atom stereocenters. The van der Waals surface area contributed by atoms with E-state index < -0.39 is 4.92 Å². The fourth-order valence-corrected chi connectivity index (χ4v) is 4.01. The fraction of sp³-hybridized carbons (Fsp3) is 0.278. The van der Waals surface area contributed by atoms with Gasteiger partial charge in [0.05, 0.1) is 10.6 Å². The van der Waals surface area contributed by atoms with Crippen LogP contribution in [-0.4, -0.2) is 22.6 Å². The average molecular weight is 342 g/mol. The minimum absolute atomic E-state index is 0.0216. The van der Waals surface area contributed by atoms with Gasteiger partial charge in [0, 0.05) is 33.9 Å². The minimum Gasteiger partial charge on any atom is -0.307 e. The molecule has 6 heteroatoms. The molecule has 0 spiro atoms. The lowest BCUT2D eigenvalue weighted by molar-refractivity contribution is -0.385. The third kappa shape index (κ3) is 3.01. The van der Waals surface area contributed by atoms with Gasteiger partial charge in [-0.1, -0.05) is 25.1 Å². The van der Waals surface area contributed by atoms with Crippen LogP contribution in [0.4, 0.5) is 11.4 Å².